The minimum Gasteiger partial charge on any atom is -0.390 e. The van der Waals surface area contributed by atoms with Crippen LogP contribution in [0.3, 0.4) is 0 Å². The number of H-pyrrole nitrogens is 1. The Morgan fingerprint density at radius 3 is 2.52 bits per heavy atom. The van der Waals surface area contributed by atoms with Crippen LogP contribution >= 0.6 is 0 Å². The number of aliphatic hydroxyl groups excluding tert-OH is 1. The molecule has 1 heterocycles. The highest BCUT2D eigenvalue weighted by Crippen LogP contribution is 2.13. The van der Waals surface area contributed by atoms with Crippen LogP contribution in [0.4, 0.5) is 8.78 Å². The first kappa shape index (κ1) is 22.6. The second-order valence-corrected chi connectivity index (χ2v) is 7.40. The normalized spacial score (nSPS) is 13.0. The Morgan fingerprint density at radius 2 is 1.84 bits per heavy atom. The first-order valence-electron chi connectivity index (χ1n) is 10.2. The Labute approximate surface area is 179 Å². The highest BCUT2D eigenvalue weighted by molar-refractivity contribution is 5.92. The first-order chi connectivity index (χ1) is 14.9. The lowest BCUT2D eigenvalue weighted by atomic mass is 10.00. The molecule has 1 amide bonds. The molecule has 164 valence electrons. The number of halogens is 2. The van der Waals surface area contributed by atoms with E-state index in [0.29, 0.717) is 12.1 Å². The molecule has 4 N–H and O–H groups in total. The topological polar surface area (TPSA) is 90.0 Å². The van der Waals surface area contributed by atoms with Crippen LogP contribution in [0.5, 0.6) is 0 Å². The van der Waals surface area contributed by atoms with Crippen molar-refractivity contribution in [3.63, 3.8) is 0 Å². The fourth-order valence-corrected chi connectivity index (χ4v) is 3.36. The fraction of sp³-hybridized carbons (Fsp3) is 0.304. The molecular weight excluding hydrogens is 402 g/mol. The third-order valence-electron chi connectivity index (χ3n) is 4.99. The summed E-state index contributed by atoms with van der Waals surface area (Å²) >= 11 is 0. The Bertz CT molecular complexity index is 975. The summed E-state index contributed by atoms with van der Waals surface area (Å²) in [6, 6.07) is 12.0. The lowest BCUT2D eigenvalue weighted by Crippen LogP contribution is -2.48. The van der Waals surface area contributed by atoms with E-state index in [2.05, 4.69) is 39.9 Å². The van der Waals surface area contributed by atoms with Gasteiger partial charge in [0.1, 0.15) is 17.3 Å². The van der Waals surface area contributed by atoms with Gasteiger partial charge in [-0.05, 0) is 47.7 Å². The lowest BCUT2D eigenvalue weighted by molar-refractivity contribution is 0.0825. The monoisotopic (exact) mass is 428 g/mol. The summed E-state index contributed by atoms with van der Waals surface area (Å²) in [5.74, 6) is -1.89. The lowest BCUT2D eigenvalue weighted by Gasteiger charge is -2.25. The minimum atomic E-state index is -0.993. The van der Waals surface area contributed by atoms with Crippen LogP contribution in [0, 0.1) is 11.6 Å². The standard InChI is InChI=1S/C23H26F2N4O2/c1-2-15-4-3-5-16(8-15)13-26-14-22(30)21(28-23(31)20-6-7-27-29-20)11-17-9-18(24)12-19(25)10-17/h3-10,12,21-22,26,30H,2,11,13-14H2,1H3,(H,27,29)(H,28,31)/t21-,22-/m0/s1. The van der Waals surface area contributed by atoms with Crippen molar-refractivity contribution in [2.75, 3.05) is 6.54 Å². The molecule has 0 spiro atoms. The Morgan fingerprint density at radius 1 is 1.10 bits per heavy atom. The number of aromatic amines is 1. The summed E-state index contributed by atoms with van der Waals surface area (Å²) in [7, 11) is 0. The van der Waals surface area contributed by atoms with Crippen molar-refractivity contribution in [3.05, 3.63) is 88.7 Å². The molecule has 8 heteroatoms. The third kappa shape index (κ3) is 6.70. The number of rotatable bonds is 10. The molecule has 0 saturated carbocycles. The molecule has 2 atom stereocenters. The van der Waals surface area contributed by atoms with Gasteiger partial charge >= 0.3 is 0 Å². The second-order valence-electron chi connectivity index (χ2n) is 7.40. The second kappa shape index (κ2) is 10.8. The number of hydrogen-bond acceptors (Lipinski definition) is 4. The molecule has 3 rings (SSSR count). The van der Waals surface area contributed by atoms with Gasteiger partial charge in [0.25, 0.3) is 5.91 Å². The van der Waals surface area contributed by atoms with Gasteiger partial charge in [-0.15, -0.1) is 0 Å². The van der Waals surface area contributed by atoms with Crippen molar-refractivity contribution in [2.45, 2.75) is 38.5 Å². The summed E-state index contributed by atoms with van der Waals surface area (Å²) in [6.45, 7) is 2.81. The molecule has 0 saturated heterocycles. The number of aliphatic hydroxyl groups is 1. The van der Waals surface area contributed by atoms with Gasteiger partial charge in [0.15, 0.2) is 0 Å². The van der Waals surface area contributed by atoms with E-state index in [1.54, 1.807) is 0 Å². The molecule has 31 heavy (non-hydrogen) atoms. The van der Waals surface area contributed by atoms with Crippen molar-refractivity contribution in [3.8, 4) is 0 Å². The zero-order valence-electron chi connectivity index (χ0n) is 17.2. The first-order valence-corrected chi connectivity index (χ1v) is 10.2. The number of hydrogen-bond donors (Lipinski definition) is 4. The predicted octanol–water partition coefficient (Wildman–Crippen LogP) is 2.74. The predicted molar refractivity (Wildman–Crippen MR) is 113 cm³/mol. The summed E-state index contributed by atoms with van der Waals surface area (Å²) in [4.78, 5) is 12.4. The zero-order valence-corrected chi connectivity index (χ0v) is 17.2. The van der Waals surface area contributed by atoms with E-state index in [1.165, 1.54) is 30.0 Å². The van der Waals surface area contributed by atoms with Crippen molar-refractivity contribution in [1.29, 1.82) is 0 Å². The van der Waals surface area contributed by atoms with Gasteiger partial charge in [-0.3, -0.25) is 9.89 Å². The number of aryl methyl sites for hydroxylation is 1. The smallest absolute Gasteiger partial charge is 0.269 e. The van der Waals surface area contributed by atoms with Crippen LogP contribution in [0.15, 0.2) is 54.7 Å². The SMILES string of the molecule is CCc1cccc(CNC[C@H](O)[C@H](Cc2cc(F)cc(F)c2)NC(=O)c2ccn[nH]2)c1. The molecule has 0 aliphatic carbocycles. The highest BCUT2D eigenvalue weighted by atomic mass is 19.1. The molecule has 0 fully saturated rings. The Hall–Kier alpha value is -3.10. The number of benzene rings is 2. The summed E-state index contributed by atoms with van der Waals surface area (Å²) in [5, 5.41) is 23.0. The van der Waals surface area contributed by atoms with Crippen molar-refractivity contribution in [1.82, 2.24) is 20.8 Å². The van der Waals surface area contributed by atoms with Crippen LogP contribution in [-0.2, 0) is 19.4 Å². The molecule has 0 radical (unpaired) electrons. The average molecular weight is 428 g/mol. The summed E-state index contributed by atoms with van der Waals surface area (Å²) in [6.07, 6.45) is 1.44. The van der Waals surface area contributed by atoms with Crippen LogP contribution < -0.4 is 10.6 Å². The number of carbonyl (C=O) groups excluding carboxylic acids is 1. The van der Waals surface area contributed by atoms with Gasteiger partial charge < -0.3 is 15.7 Å². The van der Waals surface area contributed by atoms with Crippen LogP contribution in [0.2, 0.25) is 0 Å². The number of carbonyl (C=O) groups is 1. The molecule has 0 unspecified atom stereocenters. The van der Waals surface area contributed by atoms with Gasteiger partial charge in [0.05, 0.1) is 12.1 Å². The van der Waals surface area contributed by atoms with E-state index in [0.717, 1.165) is 18.1 Å². The molecule has 2 aromatic carbocycles. The molecular formula is C23H26F2N4O2. The van der Waals surface area contributed by atoms with Gasteiger partial charge in [-0.1, -0.05) is 31.2 Å². The molecule has 6 nitrogen and oxygen atoms in total. The number of nitrogens with zero attached hydrogens (tertiary/aromatic N) is 1. The third-order valence-corrected chi connectivity index (χ3v) is 4.99. The van der Waals surface area contributed by atoms with E-state index >= 15 is 0 Å². The van der Waals surface area contributed by atoms with E-state index in [-0.39, 0.29) is 18.7 Å². The molecule has 3 aromatic rings. The summed E-state index contributed by atoms with van der Waals surface area (Å²) < 4.78 is 27.2. The largest absolute Gasteiger partial charge is 0.390 e. The molecule has 1 aromatic heterocycles. The maximum Gasteiger partial charge on any atom is 0.269 e. The summed E-state index contributed by atoms with van der Waals surface area (Å²) in [5.41, 5.74) is 2.86. The zero-order chi connectivity index (χ0) is 22.2. The Kier molecular flexibility index (Phi) is 7.86. The van der Waals surface area contributed by atoms with E-state index < -0.39 is 29.7 Å². The number of aromatic nitrogens is 2. The van der Waals surface area contributed by atoms with Crippen molar-refractivity contribution >= 4 is 5.91 Å². The fourth-order valence-electron chi connectivity index (χ4n) is 3.36. The average Bonchev–Trinajstić information content (AvgIpc) is 3.28. The quantitative estimate of drug-likeness (QED) is 0.400. The van der Waals surface area contributed by atoms with E-state index in [4.69, 9.17) is 0 Å². The van der Waals surface area contributed by atoms with Gasteiger partial charge in [-0.25, -0.2) is 8.78 Å². The molecule has 0 bridgehead atoms. The van der Waals surface area contributed by atoms with Crippen molar-refractivity contribution < 1.29 is 18.7 Å². The van der Waals surface area contributed by atoms with Gasteiger partial charge in [0, 0.05) is 25.4 Å². The van der Waals surface area contributed by atoms with E-state index in [9.17, 15) is 18.7 Å². The van der Waals surface area contributed by atoms with Crippen LogP contribution in [0.25, 0.3) is 0 Å². The highest BCUT2D eigenvalue weighted by Gasteiger charge is 2.23. The number of nitrogens with one attached hydrogen (secondary N) is 3. The minimum absolute atomic E-state index is 0.0583. The van der Waals surface area contributed by atoms with E-state index in [1.807, 2.05) is 12.1 Å². The molecule has 0 aliphatic rings. The maximum atomic E-state index is 13.6. The van der Waals surface area contributed by atoms with Crippen LogP contribution in [0.1, 0.15) is 34.1 Å². The van der Waals surface area contributed by atoms with Gasteiger partial charge in [-0.2, -0.15) is 5.10 Å². The van der Waals surface area contributed by atoms with Crippen LogP contribution in [-0.4, -0.2) is 39.9 Å². The number of amides is 1. The molecule has 0 aliphatic heterocycles. The maximum absolute atomic E-state index is 13.6. The Balaban J connectivity index is 1.67. The van der Waals surface area contributed by atoms with Crippen molar-refractivity contribution in [2.24, 2.45) is 0 Å². The van der Waals surface area contributed by atoms with Gasteiger partial charge in [0.2, 0.25) is 0 Å².